The summed E-state index contributed by atoms with van der Waals surface area (Å²) in [4.78, 5) is 50.5. The molecule has 0 aromatic heterocycles. The number of esters is 1. The quantitative estimate of drug-likeness (QED) is 0.145. The van der Waals surface area contributed by atoms with Gasteiger partial charge in [-0.15, -0.1) is 0 Å². The molecule has 13 nitrogen and oxygen atoms in total. The number of carboxylic acids is 1. The summed E-state index contributed by atoms with van der Waals surface area (Å²) in [5, 5.41) is 32.0. The van der Waals surface area contributed by atoms with E-state index in [2.05, 4.69) is 5.32 Å². The molecule has 0 bridgehead atoms. The molecule has 0 spiro atoms. The lowest BCUT2D eigenvalue weighted by molar-refractivity contribution is -0.991. The second-order valence-electron chi connectivity index (χ2n) is 11.3. The van der Waals surface area contributed by atoms with Gasteiger partial charge in [0.2, 0.25) is 6.10 Å². The lowest BCUT2D eigenvalue weighted by atomic mass is 9.98. The molecule has 45 heavy (non-hydrogen) atoms. The van der Waals surface area contributed by atoms with Crippen LogP contribution in [0.1, 0.15) is 56.4 Å². The molecule has 3 unspecified atom stereocenters. The first-order valence-corrected chi connectivity index (χ1v) is 14.0. The maximum Gasteiger partial charge on any atom is 0.509 e. The van der Waals surface area contributed by atoms with Crippen molar-refractivity contribution in [2.75, 3.05) is 6.61 Å². The number of ether oxygens (including phenoxy) is 4. The molecule has 3 aromatic rings. The predicted molar refractivity (Wildman–Crippen MR) is 157 cm³/mol. The highest BCUT2D eigenvalue weighted by molar-refractivity contribution is 5.83. The van der Waals surface area contributed by atoms with E-state index in [1.807, 2.05) is 48.5 Å². The number of aliphatic carboxylic acids is 1. The van der Waals surface area contributed by atoms with E-state index in [1.165, 1.54) is 31.2 Å². The normalized spacial score (nSPS) is 15.0. The van der Waals surface area contributed by atoms with Gasteiger partial charge in [0, 0.05) is 12.0 Å². The lowest BCUT2D eigenvalue weighted by Gasteiger charge is -2.26. The third-order valence-corrected chi connectivity index (χ3v) is 6.94. The fraction of sp³-hybridized carbons (Fsp3) is 0.312. The minimum atomic E-state index is -1.85. The maximum absolute atomic E-state index is 13.0. The minimum Gasteiger partial charge on any atom is -0.595 e. The van der Waals surface area contributed by atoms with Crippen molar-refractivity contribution in [3.63, 3.8) is 0 Å². The zero-order chi connectivity index (χ0) is 32.9. The summed E-state index contributed by atoms with van der Waals surface area (Å²) < 4.78 is 21.0. The molecule has 238 valence electrons. The molecule has 4 atom stereocenters. The average Bonchev–Trinajstić information content (AvgIpc) is 3.30. The molecular weight excluding hydrogens is 588 g/mol. The number of hydrogen-bond acceptors (Lipinski definition) is 10. The smallest absolute Gasteiger partial charge is 0.509 e. The number of carboxylic acid groups (broad SMARTS) is 1. The van der Waals surface area contributed by atoms with Gasteiger partial charge in [-0.05, 0) is 56.0 Å². The van der Waals surface area contributed by atoms with E-state index in [0.717, 1.165) is 22.3 Å². The van der Waals surface area contributed by atoms with E-state index < -0.39 is 53.3 Å². The summed E-state index contributed by atoms with van der Waals surface area (Å²) in [6.45, 7) is 5.81. The molecule has 4 N–H and O–H groups in total. The van der Waals surface area contributed by atoms with Crippen LogP contribution in [0.4, 0.5) is 15.3 Å². The van der Waals surface area contributed by atoms with Gasteiger partial charge in [0.05, 0.1) is 5.56 Å². The van der Waals surface area contributed by atoms with Gasteiger partial charge in [0.25, 0.3) is 0 Å². The Morgan fingerprint density at radius 3 is 2.02 bits per heavy atom. The topological polar surface area (TPSA) is 185 Å². The van der Waals surface area contributed by atoms with Crippen LogP contribution in [-0.2, 0) is 28.5 Å². The third kappa shape index (κ3) is 7.95. The number of rotatable bonds is 10. The molecule has 0 radical (unpaired) electrons. The van der Waals surface area contributed by atoms with Crippen molar-refractivity contribution in [2.45, 2.75) is 57.5 Å². The predicted octanol–water partition coefficient (Wildman–Crippen LogP) is 4.01. The van der Waals surface area contributed by atoms with Crippen molar-refractivity contribution in [3.05, 3.63) is 94.7 Å². The number of quaternary nitrogens is 1. The second kappa shape index (κ2) is 13.8. The van der Waals surface area contributed by atoms with Gasteiger partial charge in [0.1, 0.15) is 18.3 Å². The number of hydrogen-bond donors (Lipinski definition) is 4. The molecule has 0 heterocycles. The van der Waals surface area contributed by atoms with E-state index in [-0.39, 0.29) is 23.8 Å². The highest BCUT2D eigenvalue weighted by atomic mass is 16.8. The van der Waals surface area contributed by atoms with Crippen LogP contribution in [0.25, 0.3) is 11.1 Å². The number of nitrogens with one attached hydrogen (secondary N) is 2. The number of alkyl carbamates (subject to hydrolysis) is 1. The highest BCUT2D eigenvalue weighted by Gasteiger charge is 2.37. The zero-order valence-electron chi connectivity index (χ0n) is 25.0. The van der Waals surface area contributed by atoms with E-state index in [4.69, 9.17) is 18.9 Å². The SMILES string of the molecule is CC(OC(=O)OC(C(=O)OC(C)(C)C)c1ccccc1[NH+]([O-])O)[C@H](NC(=O)OCC1c2ccccc2-c2ccccc21)C(=O)O. The van der Waals surface area contributed by atoms with Gasteiger partial charge < -0.3 is 34.6 Å². The summed E-state index contributed by atoms with van der Waals surface area (Å²) in [6.07, 6.45) is -5.92. The zero-order valence-corrected chi connectivity index (χ0v) is 25.0. The Bertz CT molecular complexity index is 1520. The molecule has 13 heteroatoms. The first kappa shape index (κ1) is 32.9. The van der Waals surface area contributed by atoms with Crippen molar-refractivity contribution >= 4 is 29.9 Å². The Hall–Kier alpha value is -4.98. The monoisotopic (exact) mass is 622 g/mol. The van der Waals surface area contributed by atoms with E-state index in [0.29, 0.717) is 0 Å². The summed E-state index contributed by atoms with van der Waals surface area (Å²) in [5.41, 5.74) is 2.43. The van der Waals surface area contributed by atoms with Crippen LogP contribution >= 0.6 is 0 Å². The Morgan fingerprint density at radius 2 is 1.47 bits per heavy atom. The Morgan fingerprint density at radius 1 is 0.911 bits per heavy atom. The molecule has 1 aliphatic carbocycles. The molecule has 1 aliphatic rings. The Balaban J connectivity index is 1.43. The molecule has 1 amide bonds. The fourth-order valence-corrected chi connectivity index (χ4v) is 5.01. The second-order valence-corrected chi connectivity index (χ2v) is 11.3. The highest BCUT2D eigenvalue weighted by Crippen LogP contribution is 2.44. The average molecular weight is 623 g/mol. The van der Waals surface area contributed by atoms with Gasteiger partial charge >= 0.3 is 24.2 Å². The number of fused-ring (bicyclic) bond motifs is 3. The summed E-state index contributed by atoms with van der Waals surface area (Å²) in [7, 11) is 0. The molecule has 0 aliphatic heterocycles. The van der Waals surface area contributed by atoms with Crippen molar-refractivity contribution in [3.8, 4) is 11.1 Å². The van der Waals surface area contributed by atoms with Gasteiger partial charge in [-0.25, -0.2) is 24.4 Å². The standard InChI is InChI=1S/C32H34N2O11/c1-18(43-31(39)44-27(29(37)45-32(2,3)4)23-15-9-10-16-25(23)34(40)41)26(28(35)36)33-30(38)42-17-24-21-13-7-5-11-19(21)20-12-6-8-14-22(20)24/h5-16,18,24,26-27,34,40H,17H2,1-4H3,(H,33,38)(H,35,36)/t18?,26-,27?/m0/s1. The van der Waals surface area contributed by atoms with Gasteiger partial charge in [-0.2, -0.15) is 5.23 Å². The van der Waals surface area contributed by atoms with Crippen molar-refractivity contribution in [1.82, 2.24) is 5.32 Å². The summed E-state index contributed by atoms with van der Waals surface area (Å²) >= 11 is 0. The van der Waals surface area contributed by atoms with Crippen LogP contribution in [0.5, 0.6) is 0 Å². The van der Waals surface area contributed by atoms with E-state index >= 15 is 0 Å². The summed E-state index contributed by atoms with van der Waals surface area (Å²) in [5.74, 6) is -2.88. The van der Waals surface area contributed by atoms with Crippen LogP contribution in [0, 0.1) is 5.21 Å². The molecule has 0 saturated carbocycles. The van der Waals surface area contributed by atoms with Crippen LogP contribution in [0.3, 0.4) is 0 Å². The number of carbonyl (C=O) groups excluding carboxylic acids is 3. The first-order chi connectivity index (χ1) is 21.3. The Labute approximate surface area is 258 Å². The van der Waals surface area contributed by atoms with Crippen molar-refractivity contribution in [1.29, 1.82) is 0 Å². The molecule has 0 fully saturated rings. The number of benzene rings is 3. The van der Waals surface area contributed by atoms with Crippen molar-refractivity contribution < 1.29 is 53.7 Å². The van der Waals surface area contributed by atoms with Crippen LogP contribution < -0.4 is 10.5 Å². The maximum atomic E-state index is 13.0. The Kier molecular flexibility index (Phi) is 10.1. The largest absolute Gasteiger partial charge is 0.595 e. The van der Waals surface area contributed by atoms with Gasteiger partial charge in [-0.3, -0.25) is 0 Å². The number of carbonyl (C=O) groups is 4. The van der Waals surface area contributed by atoms with E-state index in [9.17, 15) is 34.7 Å². The first-order valence-electron chi connectivity index (χ1n) is 14.0. The number of para-hydroxylation sites is 1. The summed E-state index contributed by atoms with van der Waals surface area (Å²) in [6, 6.07) is 19.0. The van der Waals surface area contributed by atoms with Crippen molar-refractivity contribution in [2.24, 2.45) is 0 Å². The fourth-order valence-electron chi connectivity index (χ4n) is 5.01. The van der Waals surface area contributed by atoms with Crippen LogP contribution in [-0.4, -0.2) is 58.9 Å². The van der Waals surface area contributed by atoms with Crippen LogP contribution in [0.15, 0.2) is 72.8 Å². The number of amides is 1. The molecule has 3 aromatic carbocycles. The molecule has 4 rings (SSSR count). The van der Waals surface area contributed by atoms with E-state index in [1.54, 1.807) is 20.8 Å². The molecular formula is C32H34N2O11. The third-order valence-electron chi connectivity index (χ3n) is 6.94. The van der Waals surface area contributed by atoms with Gasteiger partial charge in [-0.1, -0.05) is 60.7 Å². The lowest BCUT2D eigenvalue weighted by Crippen LogP contribution is -2.99. The van der Waals surface area contributed by atoms with Gasteiger partial charge in [0.15, 0.2) is 11.7 Å². The van der Waals surface area contributed by atoms with Crippen LogP contribution in [0.2, 0.25) is 0 Å². The molecule has 0 saturated heterocycles. The minimum absolute atomic E-state index is 0.0793.